The van der Waals surface area contributed by atoms with Crippen molar-refractivity contribution < 1.29 is 21.6 Å². The molecule has 8 nitrogen and oxygen atoms in total. The molecule has 4 rings (SSSR count). The van der Waals surface area contributed by atoms with Gasteiger partial charge in [0.2, 0.25) is 0 Å². The topological polar surface area (TPSA) is 95.0 Å². The first kappa shape index (κ1) is 18.3. The molecule has 0 radical (unpaired) electrons. The number of alkyl halides is 3. The van der Waals surface area contributed by atoms with Crippen molar-refractivity contribution in [1.29, 1.82) is 0 Å². The van der Waals surface area contributed by atoms with Crippen molar-refractivity contribution in [1.82, 2.24) is 29.1 Å². The van der Waals surface area contributed by atoms with Gasteiger partial charge in [-0.2, -0.15) is 18.3 Å². The number of nitrogens with zero attached hydrogens (tertiary/aromatic N) is 6. The van der Waals surface area contributed by atoms with Crippen LogP contribution in [-0.4, -0.2) is 43.3 Å². The second-order valence-corrected chi connectivity index (χ2v) is 8.23. The van der Waals surface area contributed by atoms with Crippen LogP contribution in [0.4, 0.5) is 13.2 Å². The van der Waals surface area contributed by atoms with Gasteiger partial charge in [-0.05, 0) is 12.1 Å². The Morgan fingerprint density at radius 3 is 2.64 bits per heavy atom. The number of aryl methyl sites for hydroxylation is 1. The summed E-state index contributed by atoms with van der Waals surface area (Å²) in [7, 11) is -2.19. The third-order valence-electron chi connectivity index (χ3n) is 4.31. The van der Waals surface area contributed by atoms with Crippen LogP contribution < -0.4 is 0 Å². The van der Waals surface area contributed by atoms with Crippen molar-refractivity contribution in [3.05, 3.63) is 36.4 Å². The van der Waals surface area contributed by atoms with E-state index in [1.165, 1.54) is 28.4 Å². The normalized spacial score (nSPS) is 12.9. The molecule has 0 aromatic carbocycles. The molecule has 12 heteroatoms. The van der Waals surface area contributed by atoms with Gasteiger partial charge in [-0.25, -0.2) is 27.9 Å². The number of fused-ring (bicyclic) bond motifs is 2. The number of sulfone groups is 1. The van der Waals surface area contributed by atoms with Gasteiger partial charge in [-0.1, -0.05) is 6.92 Å². The van der Waals surface area contributed by atoms with E-state index in [0.717, 1.165) is 12.3 Å². The van der Waals surface area contributed by atoms with Crippen LogP contribution in [0.5, 0.6) is 0 Å². The van der Waals surface area contributed by atoms with E-state index in [9.17, 15) is 21.6 Å². The van der Waals surface area contributed by atoms with Crippen LogP contribution in [0, 0.1) is 0 Å². The summed E-state index contributed by atoms with van der Waals surface area (Å²) in [5, 5.41) is 4.27. The summed E-state index contributed by atoms with van der Waals surface area (Å²) >= 11 is 0. The molecule has 0 aliphatic rings. The Morgan fingerprint density at radius 2 is 1.96 bits per heavy atom. The van der Waals surface area contributed by atoms with Crippen LogP contribution in [0.1, 0.15) is 12.6 Å². The Bertz CT molecular complexity index is 1320. The molecule has 0 fully saturated rings. The number of imidazole rings is 1. The summed E-state index contributed by atoms with van der Waals surface area (Å²) in [5.41, 5.74) is -0.589. The van der Waals surface area contributed by atoms with Gasteiger partial charge in [0.15, 0.2) is 21.3 Å². The maximum atomic E-state index is 13.0. The minimum Gasteiger partial charge on any atom is -0.324 e. The van der Waals surface area contributed by atoms with Crippen LogP contribution in [0.3, 0.4) is 0 Å². The zero-order chi connectivity index (χ0) is 20.3. The third kappa shape index (κ3) is 2.71. The predicted octanol–water partition coefficient (Wildman–Crippen LogP) is 2.49. The van der Waals surface area contributed by atoms with Crippen molar-refractivity contribution >= 4 is 26.5 Å². The van der Waals surface area contributed by atoms with Crippen LogP contribution in [0.2, 0.25) is 0 Å². The molecule has 4 aromatic rings. The molecule has 0 saturated carbocycles. The molecule has 0 aliphatic heterocycles. The first-order valence-corrected chi connectivity index (χ1v) is 9.75. The van der Waals surface area contributed by atoms with E-state index in [-0.39, 0.29) is 33.3 Å². The van der Waals surface area contributed by atoms with Crippen molar-refractivity contribution in [2.24, 2.45) is 7.05 Å². The highest BCUT2D eigenvalue weighted by atomic mass is 32.2. The molecule has 0 bridgehead atoms. The van der Waals surface area contributed by atoms with E-state index in [1.54, 1.807) is 13.1 Å². The van der Waals surface area contributed by atoms with Crippen LogP contribution >= 0.6 is 0 Å². The standard InChI is InChI=1S/C16H13F3N6O2S/c1-3-28(26,27)13-12(23-25-6-4-5-20-15(13)25)14-22-9-7-11(16(17,18)19)21-8-10(9)24(14)2/h4-8H,3H2,1-2H3. The molecule has 146 valence electrons. The van der Waals surface area contributed by atoms with E-state index < -0.39 is 21.7 Å². The van der Waals surface area contributed by atoms with Crippen molar-refractivity contribution in [2.45, 2.75) is 18.0 Å². The molecule has 0 atom stereocenters. The molecule has 4 aromatic heterocycles. The highest BCUT2D eigenvalue weighted by Gasteiger charge is 2.34. The Kier molecular flexibility index (Phi) is 3.93. The third-order valence-corrected chi connectivity index (χ3v) is 6.07. The number of rotatable bonds is 3. The lowest BCUT2D eigenvalue weighted by Crippen LogP contribution is -2.07. The quantitative estimate of drug-likeness (QED) is 0.515. The second-order valence-electron chi connectivity index (χ2n) is 6.02. The summed E-state index contributed by atoms with van der Waals surface area (Å²) in [6, 6.07) is 2.40. The second kappa shape index (κ2) is 5.99. The van der Waals surface area contributed by atoms with E-state index in [2.05, 4.69) is 20.1 Å². The molecule has 0 N–H and O–H groups in total. The molecule has 0 spiro atoms. The minimum atomic E-state index is -4.62. The maximum absolute atomic E-state index is 13.0. The summed E-state index contributed by atoms with van der Waals surface area (Å²) < 4.78 is 67.0. The summed E-state index contributed by atoms with van der Waals surface area (Å²) in [4.78, 5) is 11.6. The summed E-state index contributed by atoms with van der Waals surface area (Å²) in [6.07, 6.45) is -0.595. The first-order chi connectivity index (χ1) is 13.1. The van der Waals surface area contributed by atoms with E-state index >= 15 is 0 Å². The van der Waals surface area contributed by atoms with Crippen molar-refractivity contribution in [3.63, 3.8) is 0 Å². The fourth-order valence-electron chi connectivity index (χ4n) is 2.90. The van der Waals surface area contributed by atoms with Crippen LogP contribution in [-0.2, 0) is 23.1 Å². The van der Waals surface area contributed by atoms with Gasteiger partial charge in [-0.15, -0.1) is 0 Å². The van der Waals surface area contributed by atoms with E-state index in [4.69, 9.17) is 0 Å². The Morgan fingerprint density at radius 1 is 1.21 bits per heavy atom. The number of halogens is 3. The lowest BCUT2D eigenvalue weighted by Gasteiger charge is -2.05. The molecule has 0 saturated heterocycles. The van der Waals surface area contributed by atoms with Gasteiger partial charge in [0, 0.05) is 19.4 Å². The molecule has 0 aliphatic carbocycles. The molecular weight excluding hydrogens is 397 g/mol. The van der Waals surface area contributed by atoms with E-state index in [1.807, 2.05) is 0 Å². The minimum absolute atomic E-state index is 0.0211. The van der Waals surface area contributed by atoms with Gasteiger partial charge in [0.05, 0.1) is 23.0 Å². The number of pyridine rings is 1. The average molecular weight is 410 g/mol. The number of aromatic nitrogens is 6. The van der Waals surface area contributed by atoms with Crippen molar-refractivity contribution in [3.8, 4) is 11.5 Å². The zero-order valence-electron chi connectivity index (χ0n) is 14.6. The molecule has 28 heavy (non-hydrogen) atoms. The molecule has 0 unspecified atom stereocenters. The molecule has 0 amide bonds. The largest absolute Gasteiger partial charge is 0.433 e. The van der Waals surface area contributed by atoms with E-state index in [0.29, 0.717) is 5.52 Å². The summed E-state index contributed by atoms with van der Waals surface area (Å²) in [6.45, 7) is 1.49. The Labute approximate surface area is 156 Å². The lowest BCUT2D eigenvalue weighted by atomic mass is 10.3. The van der Waals surface area contributed by atoms with Gasteiger partial charge >= 0.3 is 6.18 Å². The smallest absolute Gasteiger partial charge is 0.324 e. The number of hydrogen-bond donors (Lipinski definition) is 0. The highest BCUT2D eigenvalue weighted by molar-refractivity contribution is 7.91. The fourth-order valence-corrected chi connectivity index (χ4v) is 4.04. The molecule has 4 heterocycles. The molecular formula is C16H13F3N6O2S. The zero-order valence-corrected chi connectivity index (χ0v) is 15.5. The van der Waals surface area contributed by atoms with Crippen molar-refractivity contribution in [2.75, 3.05) is 5.75 Å². The average Bonchev–Trinajstić information content (AvgIpc) is 3.19. The monoisotopic (exact) mass is 410 g/mol. The Balaban J connectivity index is 2.04. The van der Waals surface area contributed by atoms with Gasteiger partial charge in [0.1, 0.15) is 16.3 Å². The highest BCUT2D eigenvalue weighted by Crippen LogP contribution is 2.33. The predicted molar refractivity (Wildman–Crippen MR) is 93.2 cm³/mol. The number of hydrogen-bond acceptors (Lipinski definition) is 6. The maximum Gasteiger partial charge on any atom is 0.433 e. The fraction of sp³-hybridized carbons (Fsp3) is 0.250. The van der Waals surface area contributed by atoms with Crippen LogP contribution in [0.15, 0.2) is 35.6 Å². The van der Waals surface area contributed by atoms with Crippen LogP contribution in [0.25, 0.3) is 28.2 Å². The Hall–Kier alpha value is -3.02. The SMILES string of the molecule is CCS(=O)(=O)c1c(-c2nc3cc(C(F)(F)F)ncc3n2C)nn2cccnc12. The van der Waals surface area contributed by atoms with Gasteiger partial charge in [0.25, 0.3) is 0 Å². The lowest BCUT2D eigenvalue weighted by molar-refractivity contribution is -0.141. The van der Waals surface area contributed by atoms with Gasteiger partial charge in [-0.3, -0.25) is 0 Å². The first-order valence-electron chi connectivity index (χ1n) is 8.09. The van der Waals surface area contributed by atoms with Gasteiger partial charge < -0.3 is 4.57 Å². The summed E-state index contributed by atoms with van der Waals surface area (Å²) in [5.74, 6) is -0.0876.